The third-order valence-corrected chi connectivity index (χ3v) is 14.0. The number of anilines is 2. The SMILES string of the molecule is N#Cc1ccc(CC[C@H]2CC[C@H](N3Cc4nc(N5CCN(CC6CCN(c7cc8c(cc7F)C(=O)N(C7CCC(=O)NC7=O)C8=O)CC6)CC5)ccc4C3=O)CC2)cc1Cl. The number of amides is 5. The number of aromatic nitrogens is 1. The van der Waals surface area contributed by atoms with Gasteiger partial charge in [-0.25, -0.2) is 9.37 Å². The Morgan fingerprint density at radius 1 is 0.783 bits per heavy atom. The maximum Gasteiger partial charge on any atom is 0.262 e. The van der Waals surface area contributed by atoms with Crippen molar-refractivity contribution in [2.45, 2.75) is 82.8 Å². The molecule has 5 aliphatic heterocycles. The zero-order valence-electron chi connectivity index (χ0n) is 33.5. The third kappa shape index (κ3) is 7.73. The number of benzene rings is 2. The minimum atomic E-state index is -1.09. The average molecular weight is 835 g/mol. The minimum Gasteiger partial charge on any atom is -0.369 e. The third-order valence-electron chi connectivity index (χ3n) is 13.7. The van der Waals surface area contributed by atoms with Gasteiger partial charge in [0.15, 0.2) is 0 Å². The number of aryl methyl sites for hydroxylation is 1. The molecule has 1 aliphatic carbocycles. The van der Waals surface area contributed by atoms with Crippen molar-refractivity contribution in [3.63, 3.8) is 0 Å². The van der Waals surface area contributed by atoms with Crippen molar-refractivity contribution in [2.24, 2.45) is 11.8 Å². The van der Waals surface area contributed by atoms with E-state index in [2.05, 4.69) is 21.2 Å². The maximum atomic E-state index is 15.5. The number of hydrogen-bond donors (Lipinski definition) is 1. The molecule has 5 amide bonds. The van der Waals surface area contributed by atoms with Crippen LogP contribution in [-0.4, -0.2) is 107 Å². The fourth-order valence-corrected chi connectivity index (χ4v) is 10.4. The molecule has 1 N–H and O–H groups in total. The fourth-order valence-electron chi connectivity index (χ4n) is 10.2. The van der Waals surface area contributed by atoms with E-state index in [0.717, 1.165) is 118 Å². The maximum absolute atomic E-state index is 15.5. The van der Waals surface area contributed by atoms with E-state index in [1.165, 1.54) is 6.07 Å². The van der Waals surface area contributed by atoms with Crippen LogP contribution in [0.25, 0.3) is 0 Å². The number of piperidine rings is 2. The van der Waals surface area contributed by atoms with E-state index >= 15 is 4.39 Å². The van der Waals surface area contributed by atoms with Gasteiger partial charge in [0, 0.05) is 58.3 Å². The summed E-state index contributed by atoms with van der Waals surface area (Å²) in [5, 5.41) is 11.9. The molecule has 6 aliphatic rings. The lowest BCUT2D eigenvalue weighted by Gasteiger charge is -2.39. The first-order valence-electron chi connectivity index (χ1n) is 21.3. The number of fused-ring (bicyclic) bond motifs is 2. The van der Waals surface area contributed by atoms with Crippen molar-refractivity contribution < 1.29 is 28.4 Å². The summed E-state index contributed by atoms with van der Waals surface area (Å²) in [7, 11) is 0. The van der Waals surface area contributed by atoms with Gasteiger partial charge in [0.2, 0.25) is 11.8 Å². The Bertz CT molecular complexity index is 2290. The van der Waals surface area contributed by atoms with Crippen LogP contribution in [0, 0.1) is 29.0 Å². The first-order valence-corrected chi connectivity index (χ1v) is 21.7. The first-order chi connectivity index (χ1) is 29.0. The predicted octanol–water partition coefficient (Wildman–Crippen LogP) is 5.33. The molecule has 3 saturated heterocycles. The molecule has 0 bridgehead atoms. The van der Waals surface area contributed by atoms with Crippen molar-refractivity contribution in [3.8, 4) is 6.07 Å². The Labute approximate surface area is 353 Å². The number of pyridine rings is 1. The van der Waals surface area contributed by atoms with Crippen LogP contribution in [0.2, 0.25) is 5.02 Å². The normalized spacial score (nSPS) is 23.9. The van der Waals surface area contributed by atoms with Gasteiger partial charge in [0.1, 0.15) is 23.7 Å². The van der Waals surface area contributed by atoms with Crippen molar-refractivity contribution in [3.05, 3.63) is 86.8 Å². The number of rotatable bonds is 9. The quantitative estimate of drug-likeness (QED) is 0.280. The largest absolute Gasteiger partial charge is 0.369 e. The molecule has 3 aromatic rings. The number of nitrogens with zero attached hydrogens (tertiary/aromatic N) is 7. The summed E-state index contributed by atoms with van der Waals surface area (Å²) < 4.78 is 15.5. The van der Waals surface area contributed by atoms with Crippen molar-refractivity contribution in [1.29, 1.82) is 5.26 Å². The van der Waals surface area contributed by atoms with E-state index in [0.29, 0.717) is 42.1 Å². The zero-order chi connectivity index (χ0) is 41.7. The second kappa shape index (κ2) is 16.6. The number of nitrogens with one attached hydrogen (secondary N) is 1. The molecule has 312 valence electrons. The zero-order valence-corrected chi connectivity index (χ0v) is 34.3. The number of imide groups is 2. The Morgan fingerprint density at radius 3 is 2.22 bits per heavy atom. The van der Waals surface area contributed by atoms with Crippen molar-refractivity contribution in [2.75, 3.05) is 55.6 Å². The fraction of sp³-hybridized carbons (Fsp3) is 0.489. The highest BCUT2D eigenvalue weighted by atomic mass is 35.5. The highest BCUT2D eigenvalue weighted by Gasteiger charge is 2.45. The highest BCUT2D eigenvalue weighted by molar-refractivity contribution is 6.31. The lowest BCUT2D eigenvalue weighted by Crippen LogP contribution is -2.54. The van der Waals surface area contributed by atoms with Crippen LogP contribution >= 0.6 is 11.6 Å². The van der Waals surface area contributed by atoms with Gasteiger partial charge in [-0.2, -0.15) is 5.26 Å². The molecule has 15 heteroatoms. The van der Waals surface area contributed by atoms with Gasteiger partial charge in [-0.3, -0.25) is 39.1 Å². The molecule has 4 fully saturated rings. The molecular formula is C45H48ClFN8O5. The number of piperazine rings is 1. The standard InChI is InChI=1S/C45H48ClFN8O5/c46-35-21-28(3-6-30(35)24-48)2-1-27-4-7-31(8-5-27)54-26-37-32(43(54)58)9-11-40(49-37)53-19-17-51(18-20-53)25-29-13-15-52(16-14-29)39-23-34-33(22-36(39)47)44(59)55(45(34)60)38-10-12-41(56)50-42(38)57/h3,6,9,11,21-23,27,29,31,38H,1-2,4-5,7-8,10,12-20,25-26H2,(H,50,56,57)/t27-,31-,38?. The van der Waals surface area contributed by atoms with Crippen LogP contribution < -0.4 is 15.1 Å². The van der Waals surface area contributed by atoms with E-state index in [4.69, 9.17) is 21.8 Å². The Morgan fingerprint density at radius 2 is 1.52 bits per heavy atom. The molecule has 60 heavy (non-hydrogen) atoms. The topological polar surface area (TPSA) is 150 Å². The second-order valence-corrected chi connectivity index (χ2v) is 17.7. The second-order valence-electron chi connectivity index (χ2n) is 17.3. The Balaban J connectivity index is 0.728. The molecule has 1 unspecified atom stereocenters. The molecule has 1 aromatic heterocycles. The van der Waals surface area contributed by atoms with Crippen LogP contribution in [0.1, 0.15) is 106 Å². The summed E-state index contributed by atoms with van der Waals surface area (Å²) in [5.41, 5.74) is 3.56. The van der Waals surface area contributed by atoms with Crippen LogP contribution in [0.5, 0.6) is 0 Å². The van der Waals surface area contributed by atoms with Crippen LogP contribution in [0.4, 0.5) is 15.9 Å². The molecule has 13 nitrogen and oxygen atoms in total. The van der Waals surface area contributed by atoms with E-state index in [9.17, 15) is 24.0 Å². The summed E-state index contributed by atoms with van der Waals surface area (Å²) in [4.78, 5) is 78.7. The van der Waals surface area contributed by atoms with Crippen LogP contribution in [-0.2, 0) is 22.6 Å². The summed E-state index contributed by atoms with van der Waals surface area (Å²) in [6.45, 7) is 6.19. The number of halogens is 2. The predicted molar refractivity (Wildman–Crippen MR) is 221 cm³/mol. The van der Waals surface area contributed by atoms with Gasteiger partial charge in [0.05, 0.1) is 45.2 Å². The summed E-state index contributed by atoms with van der Waals surface area (Å²) in [5.74, 6) is -1.02. The smallest absolute Gasteiger partial charge is 0.262 e. The minimum absolute atomic E-state index is 0.0208. The molecular weight excluding hydrogens is 787 g/mol. The number of hydrogen-bond acceptors (Lipinski definition) is 10. The average Bonchev–Trinajstić information content (AvgIpc) is 3.71. The van der Waals surface area contributed by atoms with Crippen LogP contribution in [0.15, 0.2) is 42.5 Å². The lowest BCUT2D eigenvalue weighted by atomic mass is 9.82. The molecule has 9 rings (SSSR count). The Kier molecular flexibility index (Phi) is 11.1. The monoisotopic (exact) mass is 834 g/mol. The van der Waals surface area contributed by atoms with Gasteiger partial charge < -0.3 is 14.7 Å². The molecule has 1 atom stereocenters. The highest BCUT2D eigenvalue weighted by Crippen LogP contribution is 2.37. The van der Waals surface area contributed by atoms with E-state index in [1.54, 1.807) is 6.07 Å². The number of nitriles is 1. The van der Waals surface area contributed by atoms with E-state index in [-0.39, 0.29) is 41.6 Å². The molecule has 1 saturated carbocycles. The van der Waals surface area contributed by atoms with Crippen LogP contribution in [0.3, 0.4) is 0 Å². The number of carbonyl (C=O) groups is 5. The van der Waals surface area contributed by atoms with Gasteiger partial charge in [-0.15, -0.1) is 0 Å². The van der Waals surface area contributed by atoms with Gasteiger partial charge in [-0.1, -0.05) is 17.7 Å². The van der Waals surface area contributed by atoms with Gasteiger partial charge in [-0.05, 0) is 112 Å². The molecule has 0 radical (unpaired) electrons. The Hall–Kier alpha value is -5.39. The summed E-state index contributed by atoms with van der Waals surface area (Å²) in [6, 6.07) is 13.5. The van der Waals surface area contributed by atoms with E-state index in [1.807, 2.05) is 34.1 Å². The molecule has 6 heterocycles. The molecule has 0 spiro atoms. The lowest BCUT2D eigenvalue weighted by molar-refractivity contribution is -0.136. The van der Waals surface area contributed by atoms with Gasteiger partial charge >= 0.3 is 0 Å². The van der Waals surface area contributed by atoms with Crippen molar-refractivity contribution in [1.82, 2.24) is 25.0 Å². The first kappa shape index (κ1) is 40.0. The van der Waals surface area contributed by atoms with E-state index < -0.39 is 35.5 Å². The summed E-state index contributed by atoms with van der Waals surface area (Å²) >= 11 is 6.24. The van der Waals surface area contributed by atoms with Crippen molar-refractivity contribution >= 4 is 52.6 Å². The van der Waals surface area contributed by atoms with Gasteiger partial charge in [0.25, 0.3) is 17.7 Å². The molecule has 2 aromatic carbocycles. The summed E-state index contributed by atoms with van der Waals surface area (Å²) in [6.07, 6.45) is 7.95. The number of carbonyl (C=O) groups excluding carboxylic acids is 5.